The van der Waals surface area contributed by atoms with Crippen LogP contribution in [0.5, 0.6) is 0 Å². The molecule has 0 aliphatic heterocycles. The number of carboxylic acid groups (broad SMARTS) is 1. The van der Waals surface area contributed by atoms with Crippen LogP contribution in [0.3, 0.4) is 0 Å². The molecule has 0 saturated carbocycles. The van der Waals surface area contributed by atoms with Gasteiger partial charge in [0.05, 0.1) is 48.9 Å². The number of rotatable bonds is 12. The Labute approximate surface area is 143 Å². The number of nitro groups is 1. The molecule has 0 unspecified atom stereocenters. The van der Waals surface area contributed by atoms with Crippen LogP contribution in [0.2, 0.25) is 0 Å². The first kappa shape index (κ1) is 18.8. The number of ether oxygens (including phenoxy) is 3. The number of hydrogen-bond donors (Lipinski definition) is 1. The summed E-state index contributed by atoms with van der Waals surface area (Å²) in [4.78, 5) is 20.8. The van der Waals surface area contributed by atoms with Gasteiger partial charge >= 0.3 is 5.97 Å². The van der Waals surface area contributed by atoms with Crippen LogP contribution in [0.15, 0.2) is 30.5 Å². The Hall–Kier alpha value is -2.49. The number of aromatic nitrogens is 1. The van der Waals surface area contributed by atoms with Crippen molar-refractivity contribution in [2.75, 3.05) is 39.6 Å². The maximum atomic E-state index is 11.0. The SMILES string of the molecule is O=C(O)COCCOCCOCCn1ccc2c([N+](=O)[O-])cccc21. The molecule has 1 aromatic carbocycles. The fourth-order valence-electron chi connectivity index (χ4n) is 2.32. The molecular formula is C16H20N2O7. The molecule has 0 atom stereocenters. The summed E-state index contributed by atoms with van der Waals surface area (Å²) in [5.74, 6) is -1.01. The van der Waals surface area contributed by atoms with Crippen LogP contribution >= 0.6 is 0 Å². The second-order valence-corrected chi connectivity index (χ2v) is 5.15. The number of fused-ring (bicyclic) bond motifs is 1. The van der Waals surface area contributed by atoms with Crippen molar-refractivity contribution >= 4 is 22.6 Å². The molecule has 0 radical (unpaired) electrons. The van der Waals surface area contributed by atoms with Crippen LogP contribution in [0, 0.1) is 10.1 Å². The van der Waals surface area contributed by atoms with Crippen molar-refractivity contribution < 1.29 is 29.0 Å². The number of aliphatic carboxylic acids is 1. The van der Waals surface area contributed by atoms with Crippen molar-refractivity contribution in [1.29, 1.82) is 0 Å². The van der Waals surface area contributed by atoms with Crippen LogP contribution in [0.4, 0.5) is 5.69 Å². The molecule has 0 amide bonds. The molecule has 2 aromatic rings. The van der Waals surface area contributed by atoms with E-state index in [9.17, 15) is 14.9 Å². The van der Waals surface area contributed by atoms with Gasteiger partial charge in [0.1, 0.15) is 6.61 Å². The molecule has 25 heavy (non-hydrogen) atoms. The second kappa shape index (κ2) is 9.72. The number of carbonyl (C=O) groups is 1. The van der Waals surface area contributed by atoms with E-state index < -0.39 is 5.97 Å². The molecule has 0 aliphatic rings. The molecule has 1 N–H and O–H groups in total. The van der Waals surface area contributed by atoms with E-state index in [0.29, 0.717) is 38.4 Å². The van der Waals surface area contributed by atoms with E-state index in [4.69, 9.17) is 19.3 Å². The van der Waals surface area contributed by atoms with Gasteiger partial charge in [0.2, 0.25) is 0 Å². The maximum Gasteiger partial charge on any atom is 0.329 e. The summed E-state index contributed by atoms with van der Waals surface area (Å²) in [6.07, 6.45) is 1.80. The summed E-state index contributed by atoms with van der Waals surface area (Å²) in [7, 11) is 0. The summed E-state index contributed by atoms with van der Waals surface area (Å²) in [5, 5.41) is 20.0. The standard InChI is InChI=1S/C16H20N2O7/c19-16(20)12-25-11-10-24-9-8-23-7-6-17-5-4-13-14(17)2-1-3-15(13)18(21)22/h1-5H,6-12H2,(H,19,20). The summed E-state index contributed by atoms with van der Waals surface area (Å²) in [5.41, 5.74) is 0.889. The van der Waals surface area contributed by atoms with Crippen molar-refractivity contribution in [2.24, 2.45) is 0 Å². The monoisotopic (exact) mass is 352 g/mol. The van der Waals surface area contributed by atoms with Gasteiger partial charge in [0, 0.05) is 18.8 Å². The number of non-ortho nitro benzene ring substituents is 1. The molecule has 0 spiro atoms. The van der Waals surface area contributed by atoms with Gasteiger partial charge in [-0.05, 0) is 12.1 Å². The topological polar surface area (TPSA) is 113 Å². The zero-order chi connectivity index (χ0) is 18.1. The molecule has 136 valence electrons. The normalized spacial score (nSPS) is 11.0. The van der Waals surface area contributed by atoms with Crippen LogP contribution in [-0.2, 0) is 25.5 Å². The highest BCUT2D eigenvalue weighted by molar-refractivity contribution is 5.89. The van der Waals surface area contributed by atoms with Crippen LogP contribution in [0.25, 0.3) is 10.9 Å². The maximum absolute atomic E-state index is 11.0. The minimum Gasteiger partial charge on any atom is -0.480 e. The predicted molar refractivity (Wildman–Crippen MR) is 88.7 cm³/mol. The van der Waals surface area contributed by atoms with Crippen molar-refractivity contribution in [1.82, 2.24) is 4.57 Å². The highest BCUT2D eigenvalue weighted by Gasteiger charge is 2.13. The Morgan fingerprint density at radius 1 is 1.08 bits per heavy atom. The zero-order valence-electron chi connectivity index (χ0n) is 13.6. The van der Waals surface area contributed by atoms with Crippen molar-refractivity contribution in [3.8, 4) is 0 Å². The highest BCUT2D eigenvalue weighted by atomic mass is 16.6. The Bertz CT molecular complexity index is 714. The molecule has 1 aromatic heterocycles. The number of nitro benzene ring substituents is 1. The molecule has 2 rings (SSSR count). The average molecular weight is 352 g/mol. The Balaban J connectivity index is 1.64. The van der Waals surface area contributed by atoms with Crippen molar-refractivity contribution in [3.63, 3.8) is 0 Å². The first-order valence-electron chi connectivity index (χ1n) is 7.77. The number of hydrogen-bond acceptors (Lipinski definition) is 6. The molecule has 0 fully saturated rings. The van der Waals surface area contributed by atoms with E-state index in [-0.39, 0.29) is 23.8 Å². The molecule has 9 heteroatoms. The summed E-state index contributed by atoms with van der Waals surface area (Å²) >= 11 is 0. The molecule has 9 nitrogen and oxygen atoms in total. The predicted octanol–water partition coefficient (Wildman–Crippen LogP) is 1.68. The van der Waals surface area contributed by atoms with E-state index in [0.717, 1.165) is 5.52 Å². The zero-order valence-corrected chi connectivity index (χ0v) is 13.6. The van der Waals surface area contributed by atoms with Crippen molar-refractivity contribution in [3.05, 3.63) is 40.6 Å². The first-order valence-corrected chi connectivity index (χ1v) is 7.77. The highest BCUT2D eigenvalue weighted by Crippen LogP contribution is 2.26. The number of nitrogens with zero attached hydrogens (tertiary/aromatic N) is 2. The fraction of sp³-hybridized carbons (Fsp3) is 0.438. The first-order chi connectivity index (χ1) is 12.1. The summed E-state index contributed by atoms with van der Waals surface area (Å²) < 4.78 is 17.4. The lowest BCUT2D eigenvalue weighted by atomic mass is 10.2. The smallest absolute Gasteiger partial charge is 0.329 e. The third-order valence-corrected chi connectivity index (χ3v) is 3.43. The second-order valence-electron chi connectivity index (χ2n) is 5.15. The van der Waals surface area contributed by atoms with Gasteiger partial charge in [-0.25, -0.2) is 4.79 Å². The molecule has 1 heterocycles. The minimum absolute atomic E-state index is 0.0932. The van der Waals surface area contributed by atoms with Crippen LogP contribution < -0.4 is 0 Å². The third-order valence-electron chi connectivity index (χ3n) is 3.43. The van der Waals surface area contributed by atoms with Gasteiger partial charge in [-0.2, -0.15) is 0 Å². The van der Waals surface area contributed by atoms with E-state index in [1.807, 2.05) is 10.6 Å². The summed E-state index contributed by atoms with van der Waals surface area (Å²) in [6, 6.07) is 6.72. The molecule has 0 aliphatic carbocycles. The van der Waals surface area contributed by atoms with E-state index in [1.54, 1.807) is 18.3 Å². The van der Waals surface area contributed by atoms with Crippen LogP contribution in [-0.4, -0.2) is 60.2 Å². The minimum atomic E-state index is -1.01. The summed E-state index contributed by atoms with van der Waals surface area (Å²) in [6.45, 7) is 2.01. The lowest BCUT2D eigenvalue weighted by Gasteiger charge is -2.08. The van der Waals surface area contributed by atoms with Gasteiger partial charge in [0.15, 0.2) is 0 Å². The van der Waals surface area contributed by atoms with Gasteiger partial charge in [-0.3, -0.25) is 10.1 Å². The van der Waals surface area contributed by atoms with Gasteiger partial charge in [0.25, 0.3) is 5.69 Å². The lowest BCUT2D eigenvalue weighted by Crippen LogP contribution is -2.14. The van der Waals surface area contributed by atoms with Gasteiger partial charge in [-0.15, -0.1) is 0 Å². The van der Waals surface area contributed by atoms with E-state index in [2.05, 4.69) is 0 Å². The fourth-order valence-corrected chi connectivity index (χ4v) is 2.32. The average Bonchev–Trinajstić information content (AvgIpc) is 2.99. The molecular weight excluding hydrogens is 332 g/mol. The lowest BCUT2D eigenvalue weighted by molar-refractivity contribution is -0.383. The quantitative estimate of drug-likeness (QED) is 0.351. The molecule has 0 saturated heterocycles. The van der Waals surface area contributed by atoms with Gasteiger partial charge in [-0.1, -0.05) is 6.07 Å². The number of benzene rings is 1. The van der Waals surface area contributed by atoms with Gasteiger partial charge < -0.3 is 23.9 Å². The molecule has 0 bridgehead atoms. The Kier molecular flexibility index (Phi) is 7.33. The third kappa shape index (κ3) is 5.82. The Morgan fingerprint density at radius 2 is 1.76 bits per heavy atom. The number of carboxylic acids is 1. The van der Waals surface area contributed by atoms with Crippen LogP contribution in [0.1, 0.15) is 0 Å². The van der Waals surface area contributed by atoms with E-state index in [1.165, 1.54) is 6.07 Å². The van der Waals surface area contributed by atoms with Crippen molar-refractivity contribution in [2.45, 2.75) is 6.54 Å². The van der Waals surface area contributed by atoms with E-state index >= 15 is 0 Å². The largest absolute Gasteiger partial charge is 0.480 e. The Morgan fingerprint density at radius 3 is 2.44 bits per heavy atom.